The smallest absolute Gasteiger partial charge is 0.416 e. The molecule has 6 nitrogen and oxygen atoms in total. The van der Waals surface area contributed by atoms with Crippen molar-refractivity contribution in [2.75, 3.05) is 26.7 Å². The van der Waals surface area contributed by atoms with Crippen molar-refractivity contribution in [2.45, 2.75) is 12.6 Å². The highest BCUT2D eigenvalue weighted by molar-refractivity contribution is 5.74. The van der Waals surface area contributed by atoms with E-state index in [0.29, 0.717) is 0 Å². The summed E-state index contributed by atoms with van der Waals surface area (Å²) in [5.74, 6) is -0.748. The fourth-order valence-electron chi connectivity index (χ4n) is 1.57. The Morgan fingerprint density at radius 2 is 1.87 bits per heavy atom. The lowest BCUT2D eigenvalue weighted by Crippen LogP contribution is -2.40. The zero-order valence-corrected chi connectivity index (χ0v) is 12.4. The molecule has 0 aliphatic rings. The molecule has 0 saturated heterocycles. The third-order valence-electron chi connectivity index (χ3n) is 2.84. The summed E-state index contributed by atoms with van der Waals surface area (Å²) in [6, 6.07) is 3.76. The predicted octanol–water partition coefficient (Wildman–Crippen LogP) is 2.20. The molecule has 0 aliphatic heterocycles. The van der Waals surface area contributed by atoms with Crippen LogP contribution in [0.25, 0.3) is 0 Å². The molecule has 0 aromatic heterocycles. The largest absolute Gasteiger partial charge is 0.492 e. The fraction of sp³-hybridized carbons (Fsp3) is 0.429. The van der Waals surface area contributed by atoms with Crippen molar-refractivity contribution >= 4 is 12.0 Å². The topological polar surface area (TPSA) is 78.9 Å². The molecule has 128 valence electrons. The molecule has 0 atom stereocenters. The molecule has 0 unspecified atom stereocenters. The van der Waals surface area contributed by atoms with Gasteiger partial charge in [0, 0.05) is 13.6 Å². The lowest BCUT2D eigenvalue weighted by atomic mass is 10.2. The molecule has 2 amide bonds. The van der Waals surface area contributed by atoms with E-state index in [1.807, 2.05) is 0 Å². The highest BCUT2D eigenvalue weighted by atomic mass is 19.4. The summed E-state index contributed by atoms with van der Waals surface area (Å²) in [4.78, 5) is 23.2. The maximum Gasteiger partial charge on any atom is 0.416 e. The molecule has 23 heavy (non-hydrogen) atoms. The first kappa shape index (κ1) is 18.6. The van der Waals surface area contributed by atoms with Gasteiger partial charge < -0.3 is 20.1 Å². The number of halogens is 3. The Labute approximate surface area is 130 Å². The van der Waals surface area contributed by atoms with Gasteiger partial charge in [0.05, 0.1) is 18.5 Å². The minimum Gasteiger partial charge on any atom is -0.492 e. The number of carbonyl (C=O) groups is 2. The molecule has 2 N–H and O–H groups in total. The molecule has 9 heteroatoms. The highest BCUT2D eigenvalue weighted by Crippen LogP contribution is 2.30. The van der Waals surface area contributed by atoms with E-state index >= 15 is 0 Å². The van der Waals surface area contributed by atoms with E-state index in [9.17, 15) is 22.8 Å². The van der Waals surface area contributed by atoms with E-state index in [0.717, 1.165) is 12.1 Å². The predicted molar refractivity (Wildman–Crippen MR) is 75.2 cm³/mol. The molecule has 1 rings (SSSR count). The summed E-state index contributed by atoms with van der Waals surface area (Å²) in [5, 5.41) is 11.0. The third kappa shape index (κ3) is 6.90. The van der Waals surface area contributed by atoms with Crippen LogP contribution in [0.2, 0.25) is 0 Å². The van der Waals surface area contributed by atoms with Gasteiger partial charge in [0.1, 0.15) is 12.4 Å². The third-order valence-corrected chi connectivity index (χ3v) is 2.84. The average Bonchev–Trinajstić information content (AvgIpc) is 2.48. The second kappa shape index (κ2) is 8.25. The van der Waals surface area contributed by atoms with E-state index in [1.165, 1.54) is 24.1 Å². The molecular weight excluding hydrogens is 317 g/mol. The monoisotopic (exact) mass is 334 g/mol. The lowest BCUT2D eigenvalue weighted by Gasteiger charge is -2.17. The van der Waals surface area contributed by atoms with Crippen LogP contribution in [0.1, 0.15) is 12.0 Å². The summed E-state index contributed by atoms with van der Waals surface area (Å²) in [5.41, 5.74) is -0.766. The van der Waals surface area contributed by atoms with Crippen LogP contribution >= 0.6 is 0 Å². The lowest BCUT2D eigenvalue weighted by molar-refractivity contribution is -0.138. The molecule has 0 saturated carbocycles. The van der Waals surface area contributed by atoms with Gasteiger partial charge in [0.2, 0.25) is 0 Å². The number of ether oxygens (including phenoxy) is 1. The van der Waals surface area contributed by atoms with Crippen LogP contribution in [0.3, 0.4) is 0 Å². The maximum absolute atomic E-state index is 12.4. The van der Waals surface area contributed by atoms with Gasteiger partial charge in [0.15, 0.2) is 0 Å². The van der Waals surface area contributed by atoms with E-state index in [-0.39, 0.29) is 31.9 Å². The molecule has 1 aromatic rings. The number of hydrogen-bond donors (Lipinski definition) is 2. The first-order valence-corrected chi connectivity index (χ1v) is 6.71. The minimum absolute atomic E-state index is 0.0704. The Morgan fingerprint density at radius 3 is 2.39 bits per heavy atom. The second-order valence-corrected chi connectivity index (χ2v) is 4.67. The number of carboxylic acids is 1. The molecule has 1 aromatic carbocycles. The van der Waals surface area contributed by atoms with Gasteiger partial charge in [0.25, 0.3) is 0 Å². The molecule has 0 spiro atoms. The quantitative estimate of drug-likeness (QED) is 0.749. The number of nitrogens with zero attached hydrogens (tertiary/aromatic N) is 1. The molecule has 0 bridgehead atoms. The Balaban J connectivity index is 2.29. The number of carbonyl (C=O) groups excluding carboxylic acids is 1. The Hall–Kier alpha value is -2.45. The molecule has 0 heterocycles. The van der Waals surface area contributed by atoms with Crippen LogP contribution in [-0.2, 0) is 11.0 Å². The standard InChI is InChI=1S/C14H17F3N2O4/c1-19(8-6-12(20)21)13(22)18-7-9-23-11-4-2-10(3-5-11)14(15,16)17/h2-5H,6-9H2,1H3,(H,18,22)(H,20,21). The van der Waals surface area contributed by atoms with Gasteiger partial charge in [-0.15, -0.1) is 0 Å². The van der Waals surface area contributed by atoms with Crippen molar-refractivity contribution in [1.82, 2.24) is 10.2 Å². The number of alkyl halides is 3. The number of rotatable bonds is 7. The normalized spacial score (nSPS) is 11.0. The van der Waals surface area contributed by atoms with Crippen molar-refractivity contribution in [3.63, 3.8) is 0 Å². The highest BCUT2D eigenvalue weighted by Gasteiger charge is 2.29. The first-order chi connectivity index (χ1) is 10.7. The number of urea groups is 1. The number of nitrogens with one attached hydrogen (secondary N) is 1. The van der Waals surface area contributed by atoms with Crippen LogP contribution < -0.4 is 10.1 Å². The Kier molecular flexibility index (Phi) is 6.67. The van der Waals surface area contributed by atoms with E-state index in [2.05, 4.69) is 5.32 Å². The number of amides is 2. The number of hydrogen-bond acceptors (Lipinski definition) is 3. The second-order valence-electron chi connectivity index (χ2n) is 4.67. The van der Waals surface area contributed by atoms with E-state index in [1.54, 1.807) is 0 Å². The van der Waals surface area contributed by atoms with Crippen molar-refractivity contribution in [2.24, 2.45) is 0 Å². The van der Waals surface area contributed by atoms with Gasteiger partial charge in [-0.25, -0.2) is 4.79 Å². The zero-order chi connectivity index (χ0) is 17.5. The van der Waals surface area contributed by atoms with Gasteiger partial charge in [-0.05, 0) is 24.3 Å². The zero-order valence-electron chi connectivity index (χ0n) is 12.4. The molecule has 0 aliphatic carbocycles. The summed E-state index contributed by atoms with van der Waals surface area (Å²) in [7, 11) is 1.45. The molecule has 0 fully saturated rings. The number of aliphatic carboxylic acids is 1. The van der Waals surface area contributed by atoms with Crippen molar-refractivity contribution in [3.05, 3.63) is 29.8 Å². The Bertz CT molecular complexity index is 532. The van der Waals surface area contributed by atoms with Crippen molar-refractivity contribution in [1.29, 1.82) is 0 Å². The molecule has 0 radical (unpaired) electrons. The minimum atomic E-state index is -4.40. The van der Waals surface area contributed by atoms with Crippen molar-refractivity contribution < 1.29 is 32.6 Å². The van der Waals surface area contributed by atoms with Crippen LogP contribution in [0.15, 0.2) is 24.3 Å². The van der Waals surface area contributed by atoms with Gasteiger partial charge in [-0.2, -0.15) is 13.2 Å². The Morgan fingerprint density at radius 1 is 1.26 bits per heavy atom. The van der Waals surface area contributed by atoms with Gasteiger partial charge in [-0.3, -0.25) is 4.79 Å². The first-order valence-electron chi connectivity index (χ1n) is 6.71. The molecular formula is C14H17F3N2O4. The SMILES string of the molecule is CN(CCC(=O)O)C(=O)NCCOc1ccc(C(F)(F)F)cc1. The van der Waals surface area contributed by atoms with Crippen LogP contribution in [0, 0.1) is 0 Å². The number of carboxylic acid groups (broad SMARTS) is 1. The van der Waals surface area contributed by atoms with Crippen LogP contribution in [0.4, 0.5) is 18.0 Å². The van der Waals surface area contributed by atoms with Gasteiger partial charge >= 0.3 is 18.2 Å². The summed E-state index contributed by atoms with van der Waals surface area (Å²) in [6.45, 7) is 0.280. The average molecular weight is 334 g/mol. The summed E-state index contributed by atoms with van der Waals surface area (Å²) < 4.78 is 42.3. The maximum atomic E-state index is 12.4. The van der Waals surface area contributed by atoms with E-state index < -0.39 is 23.7 Å². The summed E-state index contributed by atoms with van der Waals surface area (Å²) in [6.07, 6.45) is -4.56. The number of benzene rings is 1. The summed E-state index contributed by atoms with van der Waals surface area (Å²) >= 11 is 0. The van der Waals surface area contributed by atoms with Crippen LogP contribution in [0.5, 0.6) is 5.75 Å². The fourth-order valence-corrected chi connectivity index (χ4v) is 1.57. The van der Waals surface area contributed by atoms with E-state index in [4.69, 9.17) is 9.84 Å². The van der Waals surface area contributed by atoms with Gasteiger partial charge in [-0.1, -0.05) is 0 Å². The van der Waals surface area contributed by atoms with Crippen LogP contribution in [-0.4, -0.2) is 48.8 Å². The van der Waals surface area contributed by atoms with Crippen molar-refractivity contribution in [3.8, 4) is 5.75 Å².